The molecule has 21 heavy (non-hydrogen) atoms. The molecule has 0 saturated carbocycles. The van der Waals surface area contributed by atoms with Gasteiger partial charge in [-0.15, -0.1) is 0 Å². The van der Waals surface area contributed by atoms with Crippen molar-refractivity contribution in [3.63, 3.8) is 0 Å². The van der Waals surface area contributed by atoms with Crippen LogP contribution in [0.25, 0.3) is 10.9 Å². The lowest BCUT2D eigenvalue weighted by atomic mass is 9.83. The number of rotatable bonds is 3. The second-order valence-electron chi connectivity index (χ2n) is 4.92. The molecule has 0 aliphatic heterocycles. The van der Waals surface area contributed by atoms with Crippen LogP contribution >= 0.6 is 0 Å². The Hall–Kier alpha value is -1.70. The normalized spacial score (nSPS) is 10.1. The maximum atomic E-state index is 5.32. The van der Waals surface area contributed by atoms with Crippen molar-refractivity contribution in [2.75, 3.05) is 7.11 Å². The van der Waals surface area contributed by atoms with Crippen molar-refractivity contribution in [2.45, 2.75) is 47.0 Å². The highest BCUT2D eigenvalue weighted by molar-refractivity contribution is 5.85. The summed E-state index contributed by atoms with van der Waals surface area (Å²) in [5.41, 5.74) is 2.30. The smallest absolute Gasteiger partial charge is 0.0984 e. The number of methoxy groups -OCH3 is 1. The van der Waals surface area contributed by atoms with Crippen molar-refractivity contribution in [2.24, 2.45) is 7.05 Å². The second-order valence-corrected chi connectivity index (χ2v) is 4.92. The second kappa shape index (κ2) is 8.56. The highest BCUT2D eigenvalue weighted by atomic mass is 16.5. The molecule has 0 aliphatic carbocycles. The summed E-state index contributed by atoms with van der Waals surface area (Å²) in [4.78, 5) is 0. The van der Waals surface area contributed by atoms with Crippen LogP contribution in [0.3, 0.4) is 0 Å². The van der Waals surface area contributed by atoms with E-state index in [1.165, 1.54) is 16.5 Å². The Kier molecular flexibility index (Phi) is 7.86. The van der Waals surface area contributed by atoms with E-state index >= 15 is 0 Å². The number of aryl methyl sites for hydroxylation is 1. The summed E-state index contributed by atoms with van der Waals surface area (Å²) in [5, 5.41) is 1.26. The first-order chi connectivity index (χ1) is 9.98. The number of para-hydroxylation sites is 1. The Morgan fingerprint density at radius 1 is 1.10 bits per heavy atom. The van der Waals surface area contributed by atoms with Gasteiger partial charge in [-0.05, 0) is 25.5 Å². The van der Waals surface area contributed by atoms with Gasteiger partial charge in [0.05, 0.1) is 12.9 Å². The molecule has 0 atom stereocenters. The Labute approximate surface area is 130 Å². The first-order valence-electron chi connectivity index (χ1n) is 7.76. The first-order valence-corrected chi connectivity index (χ1v) is 7.76. The van der Waals surface area contributed by atoms with Crippen LogP contribution < -0.4 is 0 Å². The zero-order chi connectivity index (χ0) is 16.6. The third kappa shape index (κ3) is 3.90. The molecule has 0 saturated heterocycles. The molecular weight excluding hydrogens is 258 g/mol. The van der Waals surface area contributed by atoms with Gasteiger partial charge in [0, 0.05) is 29.6 Å². The molecule has 118 valence electrons. The average molecular weight is 289 g/mol. The molecule has 2 rings (SSSR count). The number of nitrogens with zero attached hydrogens (tertiary/aromatic N) is 1. The Balaban J connectivity index is 0.000000921. The molecule has 0 unspecified atom stereocenters. The van der Waals surface area contributed by atoms with Gasteiger partial charge in [-0.25, -0.2) is 0 Å². The molecule has 1 heterocycles. The topological polar surface area (TPSA) is 14.2 Å². The van der Waals surface area contributed by atoms with Crippen LogP contribution in [-0.4, -0.2) is 11.7 Å². The van der Waals surface area contributed by atoms with Crippen molar-refractivity contribution in [1.29, 1.82) is 0 Å². The fourth-order valence-electron chi connectivity index (χ4n) is 2.25. The van der Waals surface area contributed by atoms with Crippen LogP contribution in [0.1, 0.15) is 47.1 Å². The van der Waals surface area contributed by atoms with E-state index in [2.05, 4.69) is 62.5 Å². The van der Waals surface area contributed by atoms with E-state index in [1.54, 1.807) is 7.11 Å². The minimum Gasteiger partial charge on any atom is -0.501 e. The van der Waals surface area contributed by atoms with E-state index in [-0.39, 0.29) is 5.41 Å². The van der Waals surface area contributed by atoms with E-state index < -0.39 is 0 Å². The molecule has 0 radical (unpaired) electrons. The van der Waals surface area contributed by atoms with Crippen LogP contribution in [-0.2, 0) is 17.2 Å². The highest BCUT2D eigenvalue weighted by Gasteiger charge is 2.28. The third-order valence-corrected chi connectivity index (χ3v) is 3.51. The van der Waals surface area contributed by atoms with E-state index in [9.17, 15) is 0 Å². The molecule has 0 aliphatic rings. The Morgan fingerprint density at radius 3 is 2.14 bits per heavy atom. The van der Waals surface area contributed by atoms with Crippen LogP contribution in [0.15, 0.2) is 42.8 Å². The summed E-state index contributed by atoms with van der Waals surface area (Å²) >= 11 is 0. The number of fused-ring (bicyclic) bond motifs is 1. The van der Waals surface area contributed by atoms with Gasteiger partial charge in [-0.3, -0.25) is 0 Å². The largest absolute Gasteiger partial charge is 0.501 e. The van der Waals surface area contributed by atoms with Gasteiger partial charge in [-0.1, -0.05) is 52.5 Å². The molecule has 0 bridgehead atoms. The van der Waals surface area contributed by atoms with Crippen LogP contribution in [0.4, 0.5) is 0 Å². The van der Waals surface area contributed by atoms with Crippen LogP contribution in [0, 0.1) is 0 Å². The lowest BCUT2D eigenvalue weighted by Gasteiger charge is -2.25. The lowest BCUT2D eigenvalue weighted by Crippen LogP contribution is -2.20. The summed E-state index contributed by atoms with van der Waals surface area (Å²) in [6.45, 7) is 16.3. The van der Waals surface area contributed by atoms with E-state index in [1.807, 2.05) is 27.7 Å². The van der Waals surface area contributed by atoms with Gasteiger partial charge < -0.3 is 9.30 Å². The molecule has 1 aromatic heterocycles. The standard InChI is InChI=1S/C15H19NO.2C2H6/c1-11(17-5)15(2,3)13-10-16(4)14-9-7-6-8-12(13)14;2*1-2/h6-10H,1H2,2-5H3;2*1-2H3. The SMILES string of the molecule is C=C(OC)C(C)(C)c1cn(C)c2ccccc12.CC.CC. The number of ether oxygens (including phenoxy) is 1. The molecule has 0 amide bonds. The number of hydrogen-bond acceptors (Lipinski definition) is 1. The fourth-order valence-corrected chi connectivity index (χ4v) is 2.25. The van der Waals surface area contributed by atoms with Gasteiger partial charge in [-0.2, -0.15) is 0 Å². The number of benzene rings is 1. The molecule has 1 aromatic carbocycles. The maximum Gasteiger partial charge on any atom is 0.0984 e. The van der Waals surface area contributed by atoms with E-state index in [0.29, 0.717) is 0 Å². The minimum absolute atomic E-state index is 0.185. The molecule has 2 nitrogen and oxygen atoms in total. The highest BCUT2D eigenvalue weighted by Crippen LogP contribution is 2.36. The predicted octanol–water partition coefficient (Wildman–Crippen LogP) is 5.67. The number of allylic oxidation sites excluding steroid dienone is 1. The summed E-state index contributed by atoms with van der Waals surface area (Å²) in [5.74, 6) is 0.786. The summed E-state index contributed by atoms with van der Waals surface area (Å²) in [6.07, 6.45) is 2.16. The average Bonchev–Trinajstić information content (AvgIpc) is 2.88. The zero-order valence-corrected chi connectivity index (χ0v) is 14.9. The molecule has 0 spiro atoms. The quantitative estimate of drug-likeness (QED) is 0.664. The maximum absolute atomic E-state index is 5.32. The Bertz CT molecular complexity index is 564. The van der Waals surface area contributed by atoms with Gasteiger partial charge in [0.25, 0.3) is 0 Å². The number of aromatic nitrogens is 1. The van der Waals surface area contributed by atoms with Gasteiger partial charge >= 0.3 is 0 Å². The number of hydrogen-bond donors (Lipinski definition) is 0. The van der Waals surface area contributed by atoms with Crippen LogP contribution in [0.5, 0.6) is 0 Å². The van der Waals surface area contributed by atoms with Crippen molar-refractivity contribution >= 4 is 10.9 Å². The fraction of sp³-hybridized carbons (Fsp3) is 0.474. The van der Waals surface area contributed by atoms with Gasteiger partial charge in [0.2, 0.25) is 0 Å². The molecular formula is C19H31NO. The monoisotopic (exact) mass is 289 g/mol. The van der Waals surface area contributed by atoms with Crippen molar-refractivity contribution in [1.82, 2.24) is 4.57 Å². The van der Waals surface area contributed by atoms with E-state index in [4.69, 9.17) is 4.74 Å². The molecule has 2 aromatic rings. The summed E-state index contributed by atoms with van der Waals surface area (Å²) in [6, 6.07) is 8.40. The predicted molar refractivity (Wildman–Crippen MR) is 94.8 cm³/mol. The molecule has 2 heteroatoms. The van der Waals surface area contributed by atoms with Gasteiger partial charge in [0.1, 0.15) is 0 Å². The van der Waals surface area contributed by atoms with Crippen molar-refractivity contribution < 1.29 is 4.74 Å². The summed E-state index contributed by atoms with van der Waals surface area (Å²) < 4.78 is 7.47. The van der Waals surface area contributed by atoms with Gasteiger partial charge in [0.15, 0.2) is 0 Å². The molecule has 0 fully saturated rings. The minimum atomic E-state index is -0.185. The van der Waals surface area contributed by atoms with Crippen LogP contribution in [0.2, 0.25) is 0 Å². The molecule has 0 N–H and O–H groups in total. The Morgan fingerprint density at radius 2 is 1.62 bits per heavy atom. The zero-order valence-electron chi connectivity index (χ0n) is 14.9. The van der Waals surface area contributed by atoms with Crippen molar-refractivity contribution in [3.05, 3.63) is 48.4 Å². The summed E-state index contributed by atoms with van der Waals surface area (Å²) in [7, 11) is 3.74. The van der Waals surface area contributed by atoms with E-state index in [0.717, 1.165) is 5.76 Å². The van der Waals surface area contributed by atoms with Crippen molar-refractivity contribution in [3.8, 4) is 0 Å². The first kappa shape index (κ1) is 19.3. The third-order valence-electron chi connectivity index (χ3n) is 3.51. The lowest BCUT2D eigenvalue weighted by molar-refractivity contribution is 0.238.